The summed E-state index contributed by atoms with van der Waals surface area (Å²) in [7, 11) is 2.18. The number of amides is 1. The maximum Gasteiger partial charge on any atom is 0.248 e. The van der Waals surface area contributed by atoms with Crippen LogP contribution in [0.2, 0.25) is 0 Å². The predicted octanol–water partition coefficient (Wildman–Crippen LogP) is 0.620. The van der Waals surface area contributed by atoms with E-state index < -0.39 is 5.91 Å². The number of nitrogens with zero attached hydrogens (tertiary/aromatic N) is 3. The quantitative estimate of drug-likeness (QED) is 0.806. The molecule has 1 amide bonds. The Bertz CT molecular complexity index is 535. The van der Waals surface area contributed by atoms with Gasteiger partial charge in [-0.15, -0.1) is 0 Å². The number of nitrogens with one attached hydrogen (secondary N) is 1. The first kappa shape index (κ1) is 15.2. The van der Waals surface area contributed by atoms with Crippen molar-refractivity contribution >= 4 is 11.7 Å². The van der Waals surface area contributed by atoms with Crippen LogP contribution in [0.25, 0.3) is 0 Å². The van der Waals surface area contributed by atoms with Crippen molar-refractivity contribution in [2.45, 2.75) is 12.8 Å². The van der Waals surface area contributed by atoms with E-state index >= 15 is 0 Å². The number of primary amides is 1. The monoisotopic (exact) mass is 303 g/mol. The zero-order valence-corrected chi connectivity index (χ0v) is 13.2. The molecule has 0 bridgehead atoms. The number of piperazine rings is 1. The van der Waals surface area contributed by atoms with E-state index in [4.69, 9.17) is 5.73 Å². The molecule has 2 heterocycles. The van der Waals surface area contributed by atoms with Crippen LogP contribution in [0.1, 0.15) is 23.2 Å². The van der Waals surface area contributed by atoms with Crippen LogP contribution in [0, 0.1) is 5.41 Å². The van der Waals surface area contributed by atoms with Crippen molar-refractivity contribution in [2.75, 3.05) is 51.6 Å². The average molecular weight is 303 g/mol. The molecule has 6 heteroatoms. The minimum absolute atomic E-state index is 0.375. The molecule has 2 aliphatic rings. The van der Waals surface area contributed by atoms with Gasteiger partial charge < -0.3 is 20.9 Å². The van der Waals surface area contributed by atoms with Crippen LogP contribution in [0.3, 0.4) is 0 Å². The Morgan fingerprint density at radius 3 is 2.73 bits per heavy atom. The molecule has 1 aliphatic carbocycles. The van der Waals surface area contributed by atoms with Crippen molar-refractivity contribution in [1.82, 2.24) is 14.8 Å². The van der Waals surface area contributed by atoms with Gasteiger partial charge in [-0.05, 0) is 32.0 Å². The van der Waals surface area contributed by atoms with Gasteiger partial charge >= 0.3 is 0 Å². The minimum atomic E-state index is -0.413. The molecule has 22 heavy (non-hydrogen) atoms. The second-order valence-electron chi connectivity index (χ2n) is 6.73. The zero-order valence-electron chi connectivity index (χ0n) is 13.2. The molecule has 1 aromatic heterocycles. The largest absolute Gasteiger partial charge is 0.369 e. The third kappa shape index (κ3) is 3.75. The van der Waals surface area contributed by atoms with Gasteiger partial charge in [-0.25, -0.2) is 4.98 Å². The normalized spacial score (nSPS) is 21.5. The van der Waals surface area contributed by atoms with E-state index in [1.165, 1.54) is 12.8 Å². The number of nitrogens with two attached hydrogens (primary N) is 1. The van der Waals surface area contributed by atoms with Crippen molar-refractivity contribution in [2.24, 2.45) is 11.1 Å². The van der Waals surface area contributed by atoms with Gasteiger partial charge in [0.2, 0.25) is 5.91 Å². The van der Waals surface area contributed by atoms with Crippen molar-refractivity contribution in [3.8, 4) is 0 Å². The highest BCUT2D eigenvalue weighted by Gasteiger charge is 2.43. The first-order chi connectivity index (χ1) is 10.6. The smallest absolute Gasteiger partial charge is 0.248 e. The zero-order chi connectivity index (χ0) is 15.6. The Morgan fingerprint density at radius 1 is 1.36 bits per heavy atom. The minimum Gasteiger partial charge on any atom is -0.369 e. The molecule has 1 aromatic rings. The molecule has 0 aromatic carbocycles. The lowest BCUT2D eigenvalue weighted by atomic mass is 10.1. The van der Waals surface area contributed by atoms with E-state index in [0.29, 0.717) is 11.0 Å². The van der Waals surface area contributed by atoms with Crippen LogP contribution in [0.5, 0.6) is 0 Å². The number of likely N-dealkylation sites (N-methyl/N-ethyl adjacent to an activating group) is 1. The first-order valence-electron chi connectivity index (χ1n) is 7.97. The van der Waals surface area contributed by atoms with Crippen LogP contribution in [0.15, 0.2) is 18.3 Å². The lowest BCUT2D eigenvalue weighted by molar-refractivity contribution is 0.1000. The topological polar surface area (TPSA) is 74.5 Å². The number of rotatable bonds is 6. The molecular weight excluding hydrogens is 278 g/mol. The highest BCUT2D eigenvalue weighted by atomic mass is 16.1. The highest BCUT2D eigenvalue weighted by molar-refractivity contribution is 5.93. The van der Waals surface area contributed by atoms with E-state index in [9.17, 15) is 4.79 Å². The molecule has 2 fully saturated rings. The predicted molar refractivity (Wildman–Crippen MR) is 86.8 cm³/mol. The second kappa shape index (κ2) is 6.22. The Hall–Kier alpha value is -1.66. The molecule has 3 rings (SSSR count). The molecule has 120 valence electrons. The SMILES string of the molecule is CN1CCN(CC2(CNc3cc(C(N)=O)ccn3)CC2)CC1. The molecule has 0 unspecified atom stereocenters. The Balaban J connectivity index is 1.52. The van der Waals surface area contributed by atoms with Gasteiger partial charge in [0, 0.05) is 56.4 Å². The molecule has 1 saturated carbocycles. The summed E-state index contributed by atoms with van der Waals surface area (Å²) in [4.78, 5) is 20.4. The Kier molecular flexibility index (Phi) is 4.31. The Morgan fingerprint density at radius 2 is 2.09 bits per heavy atom. The molecule has 0 radical (unpaired) electrons. The summed E-state index contributed by atoms with van der Waals surface area (Å²) in [5.74, 6) is 0.324. The van der Waals surface area contributed by atoms with Gasteiger partial charge in [0.25, 0.3) is 0 Å². The third-order valence-electron chi connectivity index (χ3n) is 4.80. The summed E-state index contributed by atoms with van der Waals surface area (Å²) in [6.45, 7) is 6.71. The van der Waals surface area contributed by atoms with Gasteiger partial charge in [-0.1, -0.05) is 0 Å². The van der Waals surface area contributed by atoms with E-state index in [2.05, 4.69) is 27.1 Å². The number of hydrogen-bond acceptors (Lipinski definition) is 5. The van der Waals surface area contributed by atoms with Crippen molar-refractivity contribution in [3.05, 3.63) is 23.9 Å². The lowest BCUT2D eigenvalue weighted by Gasteiger charge is -2.35. The summed E-state index contributed by atoms with van der Waals surface area (Å²) in [5, 5.41) is 3.39. The highest BCUT2D eigenvalue weighted by Crippen LogP contribution is 2.46. The van der Waals surface area contributed by atoms with E-state index in [1.807, 2.05) is 0 Å². The number of carbonyl (C=O) groups is 1. The standard InChI is InChI=1S/C16H25N5O/c1-20-6-8-21(9-7-20)12-16(3-4-16)11-19-14-10-13(15(17)22)2-5-18-14/h2,5,10H,3-4,6-9,11-12H2,1H3,(H2,17,22)(H,18,19). The second-order valence-corrected chi connectivity index (χ2v) is 6.73. The summed E-state index contributed by atoms with van der Waals surface area (Å²) in [6, 6.07) is 3.37. The van der Waals surface area contributed by atoms with Crippen LogP contribution in [0.4, 0.5) is 5.82 Å². The van der Waals surface area contributed by atoms with Crippen molar-refractivity contribution in [1.29, 1.82) is 0 Å². The van der Waals surface area contributed by atoms with Crippen LogP contribution >= 0.6 is 0 Å². The number of hydrogen-bond donors (Lipinski definition) is 2. The van der Waals surface area contributed by atoms with E-state index in [0.717, 1.165) is 45.1 Å². The van der Waals surface area contributed by atoms with Gasteiger partial charge in [0.15, 0.2) is 0 Å². The molecule has 0 spiro atoms. The molecule has 1 aliphatic heterocycles. The summed E-state index contributed by atoms with van der Waals surface area (Å²) in [6.07, 6.45) is 4.16. The molecule has 3 N–H and O–H groups in total. The van der Waals surface area contributed by atoms with Gasteiger partial charge in [-0.2, -0.15) is 0 Å². The number of aromatic nitrogens is 1. The lowest BCUT2D eigenvalue weighted by Crippen LogP contribution is -2.47. The van der Waals surface area contributed by atoms with Crippen LogP contribution in [-0.2, 0) is 0 Å². The molecule has 1 saturated heterocycles. The maximum atomic E-state index is 11.2. The van der Waals surface area contributed by atoms with Crippen LogP contribution < -0.4 is 11.1 Å². The van der Waals surface area contributed by atoms with Crippen LogP contribution in [-0.4, -0.2) is 67.0 Å². The van der Waals surface area contributed by atoms with E-state index in [1.54, 1.807) is 18.3 Å². The van der Waals surface area contributed by atoms with E-state index in [-0.39, 0.29) is 0 Å². The van der Waals surface area contributed by atoms with Crippen molar-refractivity contribution < 1.29 is 4.79 Å². The Labute approximate surface area is 131 Å². The first-order valence-corrected chi connectivity index (χ1v) is 7.97. The molecule has 0 atom stereocenters. The fraction of sp³-hybridized carbons (Fsp3) is 0.625. The summed E-state index contributed by atoms with van der Waals surface area (Å²) < 4.78 is 0. The number of pyridine rings is 1. The summed E-state index contributed by atoms with van der Waals surface area (Å²) >= 11 is 0. The third-order valence-corrected chi connectivity index (χ3v) is 4.80. The maximum absolute atomic E-state index is 11.2. The fourth-order valence-electron chi connectivity index (χ4n) is 3.01. The average Bonchev–Trinajstić information content (AvgIpc) is 3.28. The summed E-state index contributed by atoms with van der Waals surface area (Å²) in [5.41, 5.74) is 6.18. The van der Waals surface area contributed by atoms with Gasteiger partial charge in [0.1, 0.15) is 5.82 Å². The van der Waals surface area contributed by atoms with Gasteiger partial charge in [0.05, 0.1) is 0 Å². The fourth-order valence-corrected chi connectivity index (χ4v) is 3.01. The number of anilines is 1. The molecular formula is C16H25N5O. The van der Waals surface area contributed by atoms with Gasteiger partial charge in [-0.3, -0.25) is 4.79 Å². The van der Waals surface area contributed by atoms with Crippen molar-refractivity contribution in [3.63, 3.8) is 0 Å². The molecule has 6 nitrogen and oxygen atoms in total. The number of carbonyl (C=O) groups excluding carboxylic acids is 1.